The fraction of sp³-hybridized carbons (Fsp3) is 0.538. The zero-order valence-corrected chi connectivity index (χ0v) is 10.3. The smallest absolute Gasteiger partial charge is 0.184 e. The molecule has 0 saturated carbocycles. The summed E-state index contributed by atoms with van der Waals surface area (Å²) in [6.45, 7) is -0.277. The average molecular weight is 270 g/mol. The van der Waals surface area contributed by atoms with Gasteiger partial charge in [-0.2, -0.15) is 0 Å². The van der Waals surface area contributed by atoms with E-state index in [2.05, 4.69) is 0 Å². The lowest BCUT2D eigenvalue weighted by molar-refractivity contribution is -0.296. The van der Waals surface area contributed by atoms with Crippen molar-refractivity contribution >= 4 is 0 Å². The van der Waals surface area contributed by atoms with Crippen LogP contribution in [0.1, 0.15) is 5.56 Å². The fourth-order valence-corrected chi connectivity index (χ4v) is 2.03. The van der Waals surface area contributed by atoms with Gasteiger partial charge >= 0.3 is 0 Å². The zero-order chi connectivity index (χ0) is 13.8. The number of benzene rings is 1. The lowest BCUT2D eigenvalue weighted by Gasteiger charge is -2.39. The summed E-state index contributed by atoms with van der Waals surface area (Å²) in [5.41, 5.74) is 0.878. The Balaban J connectivity index is 2.00. The van der Waals surface area contributed by atoms with Crippen molar-refractivity contribution < 1.29 is 29.9 Å². The van der Waals surface area contributed by atoms with Gasteiger partial charge in [0.25, 0.3) is 0 Å². The maximum atomic E-state index is 9.91. The highest BCUT2D eigenvalue weighted by molar-refractivity contribution is 5.13. The molecule has 4 N–H and O–H groups in total. The van der Waals surface area contributed by atoms with Crippen molar-refractivity contribution in [2.45, 2.75) is 37.3 Å². The summed E-state index contributed by atoms with van der Waals surface area (Å²) in [6, 6.07) is 9.26. The largest absolute Gasteiger partial charge is 0.394 e. The monoisotopic (exact) mass is 270 g/mol. The van der Waals surface area contributed by atoms with Gasteiger partial charge in [-0.25, -0.2) is 0 Å². The first-order valence-corrected chi connectivity index (χ1v) is 6.09. The Kier molecular flexibility index (Phi) is 4.87. The van der Waals surface area contributed by atoms with E-state index in [1.807, 2.05) is 30.3 Å². The highest BCUT2D eigenvalue weighted by Crippen LogP contribution is 2.23. The Morgan fingerprint density at radius 3 is 2.37 bits per heavy atom. The molecule has 0 aromatic heterocycles. The van der Waals surface area contributed by atoms with Crippen molar-refractivity contribution in [3.8, 4) is 0 Å². The normalized spacial score (nSPS) is 35.3. The van der Waals surface area contributed by atoms with E-state index in [-0.39, 0.29) is 6.61 Å². The summed E-state index contributed by atoms with van der Waals surface area (Å²) in [5.74, 6) is 0. The van der Waals surface area contributed by atoms with Crippen molar-refractivity contribution in [1.29, 1.82) is 0 Å². The summed E-state index contributed by atoms with van der Waals surface area (Å²) >= 11 is 0. The minimum absolute atomic E-state index is 0.185. The van der Waals surface area contributed by atoms with Gasteiger partial charge < -0.3 is 29.9 Å². The maximum absolute atomic E-state index is 9.91. The third-order valence-electron chi connectivity index (χ3n) is 3.13. The van der Waals surface area contributed by atoms with Crippen LogP contribution in [0.5, 0.6) is 0 Å². The predicted molar refractivity (Wildman–Crippen MR) is 65.0 cm³/mol. The Hall–Kier alpha value is -1.02. The van der Waals surface area contributed by atoms with Crippen LogP contribution < -0.4 is 0 Å². The first-order chi connectivity index (χ1) is 9.13. The number of hydrogen-bond donors (Lipinski definition) is 4. The molecule has 1 fully saturated rings. The summed E-state index contributed by atoms with van der Waals surface area (Å²) in [4.78, 5) is 0. The second-order valence-corrected chi connectivity index (χ2v) is 4.49. The molecule has 1 aromatic rings. The van der Waals surface area contributed by atoms with E-state index in [0.29, 0.717) is 0 Å². The third kappa shape index (κ3) is 3.30. The summed E-state index contributed by atoms with van der Waals surface area (Å²) in [7, 11) is 0. The predicted octanol–water partition coefficient (Wildman–Crippen LogP) is -0.997. The molecule has 5 atom stereocenters. The van der Waals surface area contributed by atoms with Crippen LogP contribution in [0.3, 0.4) is 0 Å². The van der Waals surface area contributed by atoms with Crippen LogP contribution in [0.4, 0.5) is 0 Å². The van der Waals surface area contributed by atoms with Gasteiger partial charge in [0.05, 0.1) is 13.2 Å². The van der Waals surface area contributed by atoms with E-state index >= 15 is 0 Å². The van der Waals surface area contributed by atoms with Crippen LogP contribution in [-0.4, -0.2) is 57.7 Å². The molecule has 0 bridgehead atoms. The maximum Gasteiger partial charge on any atom is 0.184 e. The van der Waals surface area contributed by atoms with Gasteiger partial charge in [0, 0.05) is 0 Å². The first-order valence-electron chi connectivity index (χ1n) is 6.09. The molecule has 2 rings (SSSR count). The molecule has 1 heterocycles. The SMILES string of the molecule is OC[C@H]1OC(O)[C@H](O)[C@@H](OCc2ccccc2)[C@@H]1O. The molecule has 106 valence electrons. The van der Waals surface area contributed by atoms with E-state index in [0.717, 1.165) is 5.56 Å². The minimum atomic E-state index is -1.48. The van der Waals surface area contributed by atoms with Gasteiger partial charge in [-0.05, 0) is 5.56 Å². The number of ether oxygens (including phenoxy) is 2. The third-order valence-corrected chi connectivity index (χ3v) is 3.13. The van der Waals surface area contributed by atoms with E-state index in [1.165, 1.54) is 0 Å². The van der Waals surface area contributed by atoms with Gasteiger partial charge in [-0.15, -0.1) is 0 Å². The first kappa shape index (κ1) is 14.4. The summed E-state index contributed by atoms with van der Waals surface area (Å²) < 4.78 is 10.3. The second kappa shape index (κ2) is 6.42. The molecular weight excluding hydrogens is 252 g/mol. The lowest BCUT2D eigenvalue weighted by atomic mass is 9.99. The quantitative estimate of drug-likeness (QED) is 0.560. The molecule has 0 spiro atoms. The number of rotatable bonds is 4. The van der Waals surface area contributed by atoms with Crippen molar-refractivity contribution in [1.82, 2.24) is 0 Å². The van der Waals surface area contributed by atoms with Gasteiger partial charge in [0.1, 0.15) is 24.4 Å². The van der Waals surface area contributed by atoms with E-state index in [4.69, 9.17) is 14.6 Å². The van der Waals surface area contributed by atoms with Crippen LogP contribution in [-0.2, 0) is 16.1 Å². The molecule has 1 aromatic carbocycles. The van der Waals surface area contributed by atoms with Crippen LogP contribution in [0, 0.1) is 0 Å². The average Bonchev–Trinajstić information content (AvgIpc) is 2.44. The standard InChI is InChI=1S/C13H18O6/c14-6-9-10(15)12(11(16)13(17)19-9)18-7-8-4-2-1-3-5-8/h1-5,9-17H,6-7H2/t9-,10-,11-,12+,13?/m1/s1. The van der Waals surface area contributed by atoms with Crippen LogP contribution in [0.15, 0.2) is 30.3 Å². The van der Waals surface area contributed by atoms with E-state index in [9.17, 15) is 15.3 Å². The molecule has 0 aliphatic carbocycles. The Morgan fingerprint density at radius 1 is 1.05 bits per heavy atom. The molecule has 1 unspecified atom stereocenters. The van der Waals surface area contributed by atoms with Gasteiger partial charge in [0.2, 0.25) is 0 Å². The molecule has 1 aliphatic heterocycles. The topological polar surface area (TPSA) is 99.4 Å². The highest BCUT2D eigenvalue weighted by Gasteiger charge is 2.44. The van der Waals surface area contributed by atoms with Gasteiger partial charge in [-0.3, -0.25) is 0 Å². The molecular formula is C13H18O6. The van der Waals surface area contributed by atoms with E-state index in [1.54, 1.807) is 0 Å². The molecule has 6 nitrogen and oxygen atoms in total. The highest BCUT2D eigenvalue weighted by atomic mass is 16.6. The molecule has 0 amide bonds. The fourth-order valence-electron chi connectivity index (χ4n) is 2.03. The van der Waals surface area contributed by atoms with Crippen molar-refractivity contribution in [3.05, 3.63) is 35.9 Å². The molecule has 1 aliphatic rings. The Labute approximate surface area is 110 Å². The molecule has 1 saturated heterocycles. The molecule has 6 heteroatoms. The van der Waals surface area contributed by atoms with Gasteiger partial charge in [0.15, 0.2) is 6.29 Å². The van der Waals surface area contributed by atoms with E-state index < -0.39 is 37.3 Å². The lowest BCUT2D eigenvalue weighted by Crippen LogP contribution is -2.59. The van der Waals surface area contributed by atoms with Crippen LogP contribution in [0.2, 0.25) is 0 Å². The molecule has 19 heavy (non-hydrogen) atoms. The summed E-state index contributed by atoms with van der Waals surface area (Å²) in [5, 5.41) is 38.2. The second-order valence-electron chi connectivity index (χ2n) is 4.49. The summed E-state index contributed by atoms with van der Waals surface area (Å²) in [6.07, 6.45) is -6.03. The number of hydrogen-bond acceptors (Lipinski definition) is 6. The van der Waals surface area contributed by atoms with Crippen LogP contribution >= 0.6 is 0 Å². The van der Waals surface area contributed by atoms with Crippen LogP contribution in [0.25, 0.3) is 0 Å². The minimum Gasteiger partial charge on any atom is -0.394 e. The molecule has 0 radical (unpaired) electrons. The van der Waals surface area contributed by atoms with Gasteiger partial charge in [-0.1, -0.05) is 30.3 Å². The zero-order valence-electron chi connectivity index (χ0n) is 10.3. The van der Waals surface area contributed by atoms with Crippen molar-refractivity contribution in [3.63, 3.8) is 0 Å². The Bertz CT molecular complexity index is 384. The number of aliphatic hydroxyl groups excluding tert-OH is 4. The Morgan fingerprint density at radius 2 is 1.74 bits per heavy atom. The van der Waals surface area contributed by atoms with Crippen molar-refractivity contribution in [2.75, 3.05) is 6.61 Å². The van der Waals surface area contributed by atoms with Crippen molar-refractivity contribution in [2.24, 2.45) is 0 Å². The number of aliphatic hydroxyl groups is 4.